The topological polar surface area (TPSA) is 43.6 Å². The molecule has 2 aromatic carbocycles. The van der Waals surface area contributed by atoms with Gasteiger partial charge in [-0.25, -0.2) is 0 Å². The molecule has 98 valence electrons. The Morgan fingerprint density at radius 1 is 0.800 bits per heavy atom. The van der Waals surface area contributed by atoms with Crippen molar-refractivity contribution in [1.29, 1.82) is 0 Å². The second kappa shape index (κ2) is 4.56. The molecule has 0 saturated carbocycles. The molecule has 0 spiro atoms. The van der Waals surface area contributed by atoms with Crippen molar-refractivity contribution >= 4 is 0 Å². The van der Waals surface area contributed by atoms with Gasteiger partial charge in [0.05, 0.1) is 5.69 Å². The number of tetrazole rings is 1. The third kappa shape index (κ3) is 1.81. The van der Waals surface area contributed by atoms with Crippen LogP contribution in [0.5, 0.6) is 0 Å². The lowest BCUT2D eigenvalue weighted by molar-refractivity contribution is 0.764. The maximum atomic E-state index is 4.20. The SMILES string of the molecule is c1ccc2c(c1)CCc1ccccc1-n1nnnc1C2. The molecule has 0 fully saturated rings. The largest absolute Gasteiger partial charge is 0.197 e. The molecule has 1 aliphatic heterocycles. The third-order valence-electron chi connectivity index (χ3n) is 3.88. The van der Waals surface area contributed by atoms with E-state index in [1.54, 1.807) is 0 Å². The summed E-state index contributed by atoms with van der Waals surface area (Å²) < 4.78 is 1.87. The second-order valence-corrected chi connectivity index (χ2v) is 5.08. The van der Waals surface area contributed by atoms with Gasteiger partial charge in [0, 0.05) is 6.42 Å². The predicted octanol–water partition coefficient (Wildman–Crippen LogP) is 2.35. The van der Waals surface area contributed by atoms with E-state index in [9.17, 15) is 0 Å². The van der Waals surface area contributed by atoms with Gasteiger partial charge >= 0.3 is 0 Å². The molecule has 4 heteroatoms. The van der Waals surface area contributed by atoms with Crippen LogP contribution >= 0.6 is 0 Å². The van der Waals surface area contributed by atoms with Gasteiger partial charge in [-0.1, -0.05) is 42.5 Å². The summed E-state index contributed by atoms with van der Waals surface area (Å²) in [5, 5.41) is 12.2. The van der Waals surface area contributed by atoms with E-state index in [0.29, 0.717) is 0 Å². The molecular weight excluding hydrogens is 248 g/mol. The quantitative estimate of drug-likeness (QED) is 0.624. The van der Waals surface area contributed by atoms with Crippen molar-refractivity contribution in [2.45, 2.75) is 19.3 Å². The van der Waals surface area contributed by atoms with Crippen LogP contribution in [0.3, 0.4) is 0 Å². The van der Waals surface area contributed by atoms with Crippen LogP contribution in [0, 0.1) is 0 Å². The molecule has 0 N–H and O–H groups in total. The van der Waals surface area contributed by atoms with Crippen LogP contribution in [0.25, 0.3) is 5.69 Å². The third-order valence-corrected chi connectivity index (χ3v) is 3.88. The van der Waals surface area contributed by atoms with Gasteiger partial charge in [-0.2, -0.15) is 4.68 Å². The van der Waals surface area contributed by atoms with E-state index in [1.807, 2.05) is 10.7 Å². The van der Waals surface area contributed by atoms with Crippen molar-refractivity contribution in [2.24, 2.45) is 0 Å². The predicted molar refractivity (Wildman–Crippen MR) is 75.8 cm³/mol. The lowest BCUT2D eigenvalue weighted by Crippen LogP contribution is -2.05. The van der Waals surface area contributed by atoms with Crippen molar-refractivity contribution < 1.29 is 0 Å². The summed E-state index contributed by atoms with van der Waals surface area (Å²) in [5.41, 5.74) is 5.09. The maximum absolute atomic E-state index is 4.20. The lowest BCUT2D eigenvalue weighted by Gasteiger charge is -2.08. The van der Waals surface area contributed by atoms with Crippen LogP contribution in [0.2, 0.25) is 0 Å². The second-order valence-electron chi connectivity index (χ2n) is 5.08. The molecule has 4 nitrogen and oxygen atoms in total. The minimum Gasteiger partial charge on any atom is -0.197 e. The monoisotopic (exact) mass is 262 g/mol. The molecule has 3 aromatic rings. The summed E-state index contributed by atoms with van der Waals surface area (Å²) in [7, 11) is 0. The molecule has 2 heterocycles. The maximum Gasteiger partial charge on any atom is 0.161 e. The summed E-state index contributed by atoms with van der Waals surface area (Å²) >= 11 is 0. The fourth-order valence-electron chi connectivity index (χ4n) is 2.85. The first-order valence-electron chi connectivity index (χ1n) is 6.84. The van der Waals surface area contributed by atoms with Crippen LogP contribution < -0.4 is 0 Å². The Morgan fingerprint density at radius 2 is 1.50 bits per heavy atom. The van der Waals surface area contributed by atoms with E-state index in [2.05, 4.69) is 58.0 Å². The zero-order valence-electron chi connectivity index (χ0n) is 11.0. The average molecular weight is 262 g/mol. The van der Waals surface area contributed by atoms with Crippen molar-refractivity contribution in [3.8, 4) is 5.69 Å². The van der Waals surface area contributed by atoms with Crippen molar-refractivity contribution in [1.82, 2.24) is 20.2 Å². The summed E-state index contributed by atoms with van der Waals surface area (Å²) in [6, 6.07) is 16.9. The molecule has 0 aliphatic carbocycles. The number of nitrogens with zero attached hydrogens (tertiary/aromatic N) is 4. The van der Waals surface area contributed by atoms with Gasteiger partial charge in [-0.05, 0) is 46.0 Å². The number of hydrogen-bond donors (Lipinski definition) is 0. The lowest BCUT2D eigenvalue weighted by atomic mass is 9.98. The van der Waals surface area contributed by atoms with Crippen LogP contribution in [0.4, 0.5) is 0 Å². The number of fused-ring (bicyclic) bond motifs is 4. The molecule has 0 saturated heterocycles. The highest BCUT2D eigenvalue weighted by molar-refractivity contribution is 5.43. The Labute approximate surface area is 117 Å². The van der Waals surface area contributed by atoms with Crippen molar-refractivity contribution in [3.63, 3.8) is 0 Å². The van der Waals surface area contributed by atoms with Gasteiger partial charge in [0.15, 0.2) is 5.82 Å². The zero-order chi connectivity index (χ0) is 13.4. The van der Waals surface area contributed by atoms with Crippen LogP contribution in [-0.4, -0.2) is 20.2 Å². The van der Waals surface area contributed by atoms with Crippen LogP contribution in [0.1, 0.15) is 22.5 Å². The summed E-state index contributed by atoms with van der Waals surface area (Å²) in [6.45, 7) is 0. The van der Waals surface area contributed by atoms with E-state index in [0.717, 1.165) is 30.8 Å². The highest BCUT2D eigenvalue weighted by Gasteiger charge is 2.16. The van der Waals surface area contributed by atoms with Gasteiger partial charge in [-0.3, -0.25) is 0 Å². The fraction of sp³-hybridized carbons (Fsp3) is 0.188. The van der Waals surface area contributed by atoms with Crippen molar-refractivity contribution in [3.05, 3.63) is 71.0 Å². The number of aromatic nitrogens is 4. The van der Waals surface area contributed by atoms with Crippen molar-refractivity contribution in [2.75, 3.05) is 0 Å². The Morgan fingerprint density at radius 3 is 2.40 bits per heavy atom. The molecule has 1 aliphatic rings. The highest BCUT2D eigenvalue weighted by atomic mass is 15.5. The molecule has 0 radical (unpaired) electrons. The van der Waals surface area contributed by atoms with Gasteiger partial charge in [0.1, 0.15) is 0 Å². The summed E-state index contributed by atoms with van der Waals surface area (Å²) in [4.78, 5) is 0. The first-order chi connectivity index (χ1) is 9.92. The molecule has 20 heavy (non-hydrogen) atoms. The van der Waals surface area contributed by atoms with E-state index < -0.39 is 0 Å². The van der Waals surface area contributed by atoms with Gasteiger partial charge in [0.25, 0.3) is 0 Å². The first kappa shape index (κ1) is 11.3. The molecule has 0 unspecified atom stereocenters. The molecule has 1 aromatic heterocycles. The van der Waals surface area contributed by atoms with E-state index >= 15 is 0 Å². The number of para-hydroxylation sites is 1. The Balaban J connectivity index is 1.93. The normalized spacial score (nSPS) is 13.4. The fourth-order valence-corrected chi connectivity index (χ4v) is 2.85. The summed E-state index contributed by atoms with van der Waals surface area (Å²) in [6.07, 6.45) is 2.83. The molecule has 0 amide bonds. The molecule has 4 rings (SSSR count). The molecular formula is C16H14N4. The Bertz CT molecular complexity index is 760. The van der Waals surface area contributed by atoms with Gasteiger partial charge < -0.3 is 0 Å². The van der Waals surface area contributed by atoms with Gasteiger partial charge in [0.2, 0.25) is 0 Å². The number of benzene rings is 2. The number of rotatable bonds is 0. The Hall–Kier alpha value is -2.49. The zero-order valence-corrected chi connectivity index (χ0v) is 11.0. The van der Waals surface area contributed by atoms with E-state index in [4.69, 9.17) is 0 Å². The summed E-state index contributed by atoms with van der Waals surface area (Å²) in [5.74, 6) is 0.895. The standard InChI is InChI=1S/C16H14N4/c1-2-7-14-11-16-17-18-19-20(16)15-8-4-3-6-13(15)10-9-12(14)5-1/h1-8H,9-11H2. The van der Waals surface area contributed by atoms with Crippen LogP contribution in [-0.2, 0) is 19.3 Å². The minimum absolute atomic E-state index is 0.775. The van der Waals surface area contributed by atoms with E-state index in [-0.39, 0.29) is 0 Å². The van der Waals surface area contributed by atoms with Gasteiger partial charge in [-0.15, -0.1) is 5.10 Å². The highest BCUT2D eigenvalue weighted by Crippen LogP contribution is 2.23. The number of hydrogen-bond acceptors (Lipinski definition) is 3. The number of aryl methyl sites for hydroxylation is 2. The first-order valence-corrected chi connectivity index (χ1v) is 6.84. The molecule has 0 bridgehead atoms. The Kier molecular flexibility index (Phi) is 2.59. The van der Waals surface area contributed by atoms with E-state index in [1.165, 1.54) is 16.7 Å². The average Bonchev–Trinajstić information content (AvgIpc) is 2.95. The van der Waals surface area contributed by atoms with Crippen LogP contribution in [0.15, 0.2) is 48.5 Å². The molecule has 0 atom stereocenters. The minimum atomic E-state index is 0.775. The smallest absolute Gasteiger partial charge is 0.161 e.